The third-order valence-electron chi connectivity index (χ3n) is 2.68. The van der Waals surface area contributed by atoms with Crippen molar-refractivity contribution in [2.24, 2.45) is 0 Å². The molecule has 0 rings (SSSR count). The first-order chi connectivity index (χ1) is 6.24. The Hall–Kier alpha value is -0.0800. The van der Waals surface area contributed by atoms with E-state index in [0.717, 1.165) is 4.48 Å². The summed E-state index contributed by atoms with van der Waals surface area (Å²) >= 11 is 0. The molecule has 0 aromatic heterocycles. The molecule has 14 heavy (non-hydrogen) atoms. The van der Waals surface area contributed by atoms with E-state index in [4.69, 9.17) is 0 Å². The first kappa shape index (κ1) is 16.4. The van der Waals surface area contributed by atoms with E-state index in [9.17, 15) is 0 Å². The standard InChI is InChI=1S/C8H20N.C4H12N/c1-5-9(6-2,7-3)8-4;1-5(2,3)4/h5-8H2,1-4H3;1-4H3/q2*+1. The Morgan fingerprint density at radius 3 is 0.714 bits per heavy atom. The molecule has 0 aromatic rings. The summed E-state index contributed by atoms with van der Waals surface area (Å²) in [6.45, 7) is 14.2. The fourth-order valence-corrected chi connectivity index (χ4v) is 1.34. The summed E-state index contributed by atoms with van der Waals surface area (Å²) in [7, 11) is 8.50. The van der Waals surface area contributed by atoms with Gasteiger partial charge in [0.05, 0.1) is 54.4 Å². The number of nitrogens with zero attached hydrogens (tertiary/aromatic N) is 2. The number of quaternary nitrogens is 2. The van der Waals surface area contributed by atoms with E-state index in [0.29, 0.717) is 0 Å². The van der Waals surface area contributed by atoms with Crippen LogP contribution >= 0.6 is 0 Å². The second kappa shape index (κ2) is 7.24. The molecule has 0 aliphatic heterocycles. The van der Waals surface area contributed by atoms with Crippen LogP contribution in [0.25, 0.3) is 0 Å². The van der Waals surface area contributed by atoms with E-state index in [-0.39, 0.29) is 0 Å². The van der Waals surface area contributed by atoms with Gasteiger partial charge in [-0.1, -0.05) is 0 Å². The van der Waals surface area contributed by atoms with E-state index in [1.807, 2.05) is 0 Å². The Morgan fingerprint density at radius 1 is 0.571 bits per heavy atom. The topological polar surface area (TPSA) is 0 Å². The first-order valence-electron chi connectivity index (χ1n) is 5.88. The molecular formula is C12H32N2+2. The van der Waals surface area contributed by atoms with Gasteiger partial charge in [0, 0.05) is 0 Å². The lowest BCUT2D eigenvalue weighted by atomic mass is 10.3. The smallest absolute Gasteiger partial charge is 0.0757 e. The summed E-state index contributed by atoms with van der Waals surface area (Å²) in [4.78, 5) is 0. The van der Waals surface area contributed by atoms with E-state index >= 15 is 0 Å². The van der Waals surface area contributed by atoms with Crippen LogP contribution in [-0.2, 0) is 0 Å². The predicted octanol–water partition coefficient (Wildman–Crippen LogP) is 2.21. The van der Waals surface area contributed by atoms with Gasteiger partial charge in [0.2, 0.25) is 0 Å². The predicted molar refractivity (Wildman–Crippen MR) is 66.4 cm³/mol. The van der Waals surface area contributed by atoms with Crippen LogP contribution in [0.1, 0.15) is 27.7 Å². The van der Waals surface area contributed by atoms with Crippen LogP contribution in [0.3, 0.4) is 0 Å². The SMILES string of the molecule is CC[N+](CC)(CC)CC.C[N+](C)(C)C. The Bertz CT molecular complexity index is 97.3. The van der Waals surface area contributed by atoms with Gasteiger partial charge in [-0.25, -0.2) is 0 Å². The Morgan fingerprint density at radius 2 is 0.714 bits per heavy atom. The molecule has 0 saturated heterocycles. The zero-order valence-electron chi connectivity index (χ0n) is 11.7. The zero-order valence-corrected chi connectivity index (χ0v) is 11.7. The average Bonchev–Trinajstić information content (AvgIpc) is 2.07. The first-order valence-corrected chi connectivity index (χ1v) is 5.88. The summed E-state index contributed by atoms with van der Waals surface area (Å²) < 4.78 is 2.28. The van der Waals surface area contributed by atoms with Crippen molar-refractivity contribution in [1.29, 1.82) is 0 Å². The Balaban J connectivity index is 0. The molecule has 0 saturated carbocycles. The maximum atomic E-state index is 2.27. The second-order valence-corrected chi connectivity index (χ2v) is 5.29. The normalized spacial score (nSPS) is 12.0. The second-order valence-electron chi connectivity index (χ2n) is 5.29. The van der Waals surface area contributed by atoms with Gasteiger partial charge in [0.25, 0.3) is 0 Å². The lowest BCUT2D eigenvalue weighted by molar-refractivity contribution is -0.921. The molecule has 0 N–H and O–H groups in total. The van der Waals surface area contributed by atoms with Crippen molar-refractivity contribution in [2.75, 3.05) is 54.4 Å². The quantitative estimate of drug-likeness (QED) is 0.616. The van der Waals surface area contributed by atoms with Gasteiger partial charge in [-0.3, -0.25) is 0 Å². The monoisotopic (exact) mass is 204 g/mol. The van der Waals surface area contributed by atoms with Crippen LogP contribution in [0.2, 0.25) is 0 Å². The van der Waals surface area contributed by atoms with Gasteiger partial charge in [-0.15, -0.1) is 0 Å². The highest BCUT2D eigenvalue weighted by Crippen LogP contribution is 2.03. The molecular weight excluding hydrogens is 172 g/mol. The molecule has 0 heterocycles. The third kappa shape index (κ3) is 10.0. The molecule has 0 unspecified atom stereocenters. The van der Waals surface area contributed by atoms with E-state index < -0.39 is 0 Å². The number of rotatable bonds is 4. The minimum absolute atomic E-state index is 1.00. The van der Waals surface area contributed by atoms with Crippen LogP contribution in [0.4, 0.5) is 0 Å². The van der Waals surface area contributed by atoms with Gasteiger partial charge < -0.3 is 8.97 Å². The molecule has 0 radical (unpaired) electrons. The van der Waals surface area contributed by atoms with Gasteiger partial charge in [-0.05, 0) is 27.7 Å². The molecule has 0 amide bonds. The van der Waals surface area contributed by atoms with Crippen LogP contribution < -0.4 is 0 Å². The summed E-state index contributed by atoms with van der Waals surface area (Å²) in [5.41, 5.74) is 0. The van der Waals surface area contributed by atoms with Gasteiger partial charge >= 0.3 is 0 Å². The third-order valence-corrected chi connectivity index (χ3v) is 2.68. The maximum Gasteiger partial charge on any atom is 0.0757 e. The molecule has 0 aliphatic carbocycles. The molecule has 0 spiro atoms. The summed E-state index contributed by atoms with van der Waals surface area (Å²) in [6, 6.07) is 0. The largest absolute Gasteiger partial charge is 0.333 e. The molecule has 0 aliphatic rings. The van der Waals surface area contributed by atoms with Crippen molar-refractivity contribution in [3.63, 3.8) is 0 Å². The molecule has 0 atom stereocenters. The van der Waals surface area contributed by atoms with Crippen molar-refractivity contribution in [3.8, 4) is 0 Å². The fraction of sp³-hybridized carbons (Fsp3) is 1.00. The van der Waals surface area contributed by atoms with E-state index in [1.54, 1.807) is 0 Å². The molecule has 88 valence electrons. The highest BCUT2D eigenvalue weighted by atomic mass is 15.3. The maximum absolute atomic E-state index is 2.27. The van der Waals surface area contributed by atoms with Crippen LogP contribution in [0.5, 0.6) is 0 Å². The average molecular weight is 204 g/mol. The summed E-state index contributed by atoms with van der Waals surface area (Å²) in [6.07, 6.45) is 0. The molecule has 2 heteroatoms. The molecule has 0 bridgehead atoms. The molecule has 2 nitrogen and oxygen atoms in total. The number of hydrogen-bond acceptors (Lipinski definition) is 0. The lowest BCUT2D eigenvalue weighted by Crippen LogP contribution is -2.47. The van der Waals surface area contributed by atoms with Gasteiger partial charge in [-0.2, -0.15) is 0 Å². The van der Waals surface area contributed by atoms with Gasteiger partial charge in [0.1, 0.15) is 0 Å². The van der Waals surface area contributed by atoms with E-state index in [1.165, 1.54) is 30.7 Å². The van der Waals surface area contributed by atoms with Crippen LogP contribution in [0.15, 0.2) is 0 Å². The van der Waals surface area contributed by atoms with Crippen molar-refractivity contribution in [3.05, 3.63) is 0 Å². The minimum Gasteiger partial charge on any atom is -0.333 e. The van der Waals surface area contributed by atoms with Crippen LogP contribution in [-0.4, -0.2) is 63.3 Å². The highest BCUT2D eigenvalue weighted by Gasteiger charge is 2.16. The molecule has 0 aromatic carbocycles. The summed E-state index contributed by atoms with van der Waals surface area (Å²) in [5.74, 6) is 0. The van der Waals surface area contributed by atoms with Gasteiger partial charge in [0.15, 0.2) is 0 Å². The minimum atomic E-state index is 1.00. The van der Waals surface area contributed by atoms with Crippen molar-refractivity contribution in [2.45, 2.75) is 27.7 Å². The van der Waals surface area contributed by atoms with Crippen molar-refractivity contribution < 1.29 is 8.97 Å². The van der Waals surface area contributed by atoms with E-state index in [2.05, 4.69) is 55.9 Å². The fourth-order valence-electron chi connectivity index (χ4n) is 1.34. The Kier molecular flexibility index (Phi) is 8.46. The van der Waals surface area contributed by atoms with Crippen LogP contribution in [0, 0.1) is 0 Å². The summed E-state index contributed by atoms with van der Waals surface area (Å²) in [5, 5.41) is 0. The lowest BCUT2D eigenvalue weighted by Gasteiger charge is -2.34. The molecule has 0 fully saturated rings. The van der Waals surface area contributed by atoms with Crippen molar-refractivity contribution in [1.82, 2.24) is 0 Å². The Labute approximate surface area is 91.7 Å². The number of hydrogen-bond donors (Lipinski definition) is 0. The van der Waals surface area contributed by atoms with Crippen molar-refractivity contribution >= 4 is 0 Å². The zero-order chi connectivity index (χ0) is 11.8. The highest BCUT2D eigenvalue weighted by molar-refractivity contribution is 4.31.